The molecule has 3 heteroatoms. The third-order valence-corrected chi connectivity index (χ3v) is 2.76. The molecule has 1 aromatic heterocycles. The number of pyridine rings is 1. The molecule has 0 aliphatic carbocycles. The van der Waals surface area contributed by atoms with E-state index >= 15 is 0 Å². The molecule has 1 heterocycles. The van der Waals surface area contributed by atoms with Crippen molar-refractivity contribution in [2.75, 3.05) is 5.32 Å². The summed E-state index contributed by atoms with van der Waals surface area (Å²) < 4.78 is 0. The van der Waals surface area contributed by atoms with Gasteiger partial charge in [0, 0.05) is 10.8 Å². The van der Waals surface area contributed by atoms with Gasteiger partial charge < -0.3 is 5.32 Å². The fourth-order valence-corrected chi connectivity index (χ4v) is 1.98. The Morgan fingerprint density at radius 3 is 2.71 bits per heavy atom. The van der Waals surface area contributed by atoms with Crippen LogP contribution in [0.15, 0.2) is 48.5 Å². The zero-order valence-corrected chi connectivity index (χ0v) is 9.05. The second kappa shape index (κ2) is 3.87. The molecule has 1 N–H and O–H groups in total. The smallest absolute Gasteiger partial charge is 0.211 e. The summed E-state index contributed by atoms with van der Waals surface area (Å²) in [5.41, 5.74) is 2.49. The second-order valence-electron chi connectivity index (χ2n) is 3.82. The molecule has 0 saturated heterocycles. The van der Waals surface area contributed by atoms with E-state index in [2.05, 4.69) is 16.4 Å². The van der Waals surface area contributed by atoms with E-state index in [9.17, 15) is 4.79 Å². The molecule has 17 heavy (non-hydrogen) atoms. The van der Waals surface area contributed by atoms with Gasteiger partial charge >= 0.3 is 0 Å². The fourth-order valence-electron chi connectivity index (χ4n) is 1.98. The number of benzene rings is 2. The van der Waals surface area contributed by atoms with Crippen LogP contribution in [-0.4, -0.2) is 11.4 Å². The topological polar surface area (TPSA) is 42.0 Å². The first-order chi connectivity index (χ1) is 8.38. The highest BCUT2D eigenvalue weighted by molar-refractivity contribution is 6.00. The molecule has 0 bridgehead atoms. The minimum atomic E-state index is 0.672. The molecule has 1 amide bonds. The quantitative estimate of drug-likeness (QED) is 0.535. The lowest BCUT2D eigenvalue weighted by Crippen LogP contribution is -1.95. The predicted molar refractivity (Wildman–Crippen MR) is 68.9 cm³/mol. The molecular weight excluding hydrogens is 212 g/mol. The van der Waals surface area contributed by atoms with Gasteiger partial charge in [-0.15, -0.1) is 0 Å². The normalized spacial score (nSPS) is 10.6. The number of carbonyl (C=O) groups excluding carboxylic acids is 1. The van der Waals surface area contributed by atoms with Crippen molar-refractivity contribution in [3.05, 3.63) is 48.5 Å². The van der Waals surface area contributed by atoms with Gasteiger partial charge in [-0.25, -0.2) is 4.98 Å². The van der Waals surface area contributed by atoms with E-state index in [-0.39, 0.29) is 0 Å². The number of aromatic nitrogens is 1. The van der Waals surface area contributed by atoms with Crippen molar-refractivity contribution in [3.8, 4) is 0 Å². The largest absolute Gasteiger partial charge is 0.327 e. The highest BCUT2D eigenvalue weighted by Gasteiger charge is 2.03. The maximum Gasteiger partial charge on any atom is 0.211 e. The Morgan fingerprint density at radius 2 is 1.82 bits per heavy atom. The lowest BCUT2D eigenvalue weighted by atomic mass is 10.1. The second-order valence-corrected chi connectivity index (χ2v) is 3.82. The van der Waals surface area contributed by atoms with Gasteiger partial charge in [-0.05, 0) is 18.2 Å². The van der Waals surface area contributed by atoms with E-state index in [1.807, 2.05) is 42.5 Å². The van der Waals surface area contributed by atoms with Gasteiger partial charge in [0.15, 0.2) is 0 Å². The molecule has 0 radical (unpaired) electrons. The molecule has 0 aliphatic rings. The van der Waals surface area contributed by atoms with Crippen molar-refractivity contribution in [2.45, 2.75) is 0 Å². The standard InChI is InChI=1S/C14H10N2O/c17-9-15-13-7-3-5-11-8-10-4-1-2-6-12(10)16-14(11)13/h1-9H,(H,15,17). The van der Waals surface area contributed by atoms with E-state index in [0.717, 1.165) is 27.5 Å². The minimum Gasteiger partial charge on any atom is -0.327 e. The van der Waals surface area contributed by atoms with E-state index in [0.29, 0.717) is 6.41 Å². The summed E-state index contributed by atoms with van der Waals surface area (Å²) >= 11 is 0. The minimum absolute atomic E-state index is 0.672. The van der Waals surface area contributed by atoms with Crippen LogP contribution in [0.3, 0.4) is 0 Å². The first-order valence-electron chi connectivity index (χ1n) is 5.37. The molecule has 0 spiro atoms. The highest BCUT2D eigenvalue weighted by Crippen LogP contribution is 2.24. The third kappa shape index (κ3) is 1.61. The monoisotopic (exact) mass is 222 g/mol. The number of amides is 1. The van der Waals surface area contributed by atoms with E-state index < -0.39 is 0 Å². The van der Waals surface area contributed by atoms with Crippen molar-refractivity contribution < 1.29 is 4.79 Å². The number of nitrogens with zero attached hydrogens (tertiary/aromatic N) is 1. The van der Waals surface area contributed by atoms with Crippen LogP contribution in [0.4, 0.5) is 5.69 Å². The maximum atomic E-state index is 10.5. The number of anilines is 1. The number of hydrogen-bond acceptors (Lipinski definition) is 2. The molecule has 2 aromatic carbocycles. The zero-order chi connectivity index (χ0) is 11.7. The van der Waals surface area contributed by atoms with Crippen LogP contribution in [0.2, 0.25) is 0 Å². The Labute approximate surface area is 98.1 Å². The molecule has 3 aromatic rings. The molecule has 3 rings (SSSR count). The van der Waals surface area contributed by atoms with Crippen LogP contribution in [0.5, 0.6) is 0 Å². The highest BCUT2D eigenvalue weighted by atomic mass is 16.1. The lowest BCUT2D eigenvalue weighted by molar-refractivity contribution is -0.105. The Bertz CT molecular complexity index is 707. The summed E-state index contributed by atoms with van der Waals surface area (Å²) in [4.78, 5) is 15.1. The molecule has 3 nitrogen and oxygen atoms in total. The average Bonchev–Trinajstić information content (AvgIpc) is 2.37. The average molecular weight is 222 g/mol. The fraction of sp³-hybridized carbons (Fsp3) is 0. The molecule has 0 unspecified atom stereocenters. The van der Waals surface area contributed by atoms with Gasteiger partial charge in [-0.1, -0.05) is 30.3 Å². The summed E-state index contributed by atoms with van der Waals surface area (Å²) in [7, 11) is 0. The van der Waals surface area contributed by atoms with E-state index in [1.165, 1.54) is 0 Å². The zero-order valence-electron chi connectivity index (χ0n) is 9.05. The summed E-state index contributed by atoms with van der Waals surface area (Å²) in [6.45, 7) is 0. The van der Waals surface area contributed by atoms with Crippen LogP contribution in [-0.2, 0) is 4.79 Å². The molecule has 0 fully saturated rings. The Morgan fingerprint density at radius 1 is 1.00 bits per heavy atom. The first-order valence-corrected chi connectivity index (χ1v) is 5.37. The molecule has 82 valence electrons. The van der Waals surface area contributed by atoms with Gasteiger partial charge in [-0.3, -0.25) is 4.79 Å². The van der Waals surface area contributed by atoms with Crippen molar-refractivity contribution >= 4 is 33.9 Å². The maximum absolute atomic E-state index is 10.5. The van der Waals surface area contributed by atoms with Gasteiger partial charge in [0.25, 0.3) is 0 Å². The Balaban J connectivity index is 2.39. The van der Waals surface area contributed by atoms with Crippen LogP contribution in [0.25, 0.3) is 21.8 Å². The number of rotatable bonds is 2. The van der Waals surface area contributed by atoms with E-state index in [4.69, 9.17) is 0 Å². The summed E-state index contributed by atoms with van der Waals surface area (Å²) in [5, 5.41) is 4.80. The van der Waals surface area contributed by atoms with Crippen LogP contribution < -0.4 is 5.32 Å². The lowest BCUT2D eigenvalue weighted by Gasteiger charge is -2.05. The summed E-state index contributed by atoms with van der Waals surface area (Å²) in [6, 6.07) is 15.8. The van der Waals surface area contributed by atoms with Crippen molar-refractivity contribution in [1.29, 1.82) is 0 Å². The van der Waals surface area contributed by atoms with Gasteiger partial charge in [0.1, 0.15) is 0 Å². The molecule has 0 atom stereocenters. The van der Waals surface area contributed by atoms with Crippen LogP contribution in [0.1, 0.15) is 0 Å². The van der Waals surface area contributed by atoms with Gasteiger partial charge in [0.2, 0.25) is 6.41 Å². The van der Waals surface area contributed by atoms with Crippen molar-refractivity contribution in [2.24, 2.45) is 0 Å². The Hall–Kier alpha value is -2.42. The number of carbonyl (C=O) groups is 1. The molecule has 0 saturated carbocycles. The number of hydrogen-bond donors (Lipinski definition) is 1. The van der Waals surface area contributed by atoms with Crippen molar-refractivity contribution in [3.63, 3.8) is 0 Å². The third-order valence-electron chi connectivity index (χ3n) is 2.76. The van der Waals surface area contributed by atoms with Gasteiger partial charge in [0.05, 0.1) is 16.7 Å². The molecule has 0 aliphatic heterocycles. The van der Waals surface area contributed by atoms with Crippen molar-refractivity contribution in [1.82, 2.24) is 4.98 Å². The Kier molecular flexibility index (Phi) is 2.22. The molecular formula is C14H10N2O. The number of para-hydroxylation sites is 2. The number of nitrogens with one attached hydrogen (secondary N) is 1. The summed E-state index contributed by atoms with van der Waals surface area (Å²) in [5.74, 6) is 0. The van der Waals surface area contributed by atoms with Gasteiger partial charge in [-0.2, -0.15) is 0 Å². The summed E-state index contributed by atoms with van der Waals surface area (Å²) in [6.07, 6.45) is 0.672. The SMILES string of the molecule is O=CNc1cccc2cc3ccccc3nc12. The first kappa shape index (κ1) is 9.78. The predicted octanol–water partition coefficient (Wildman–Crippen LogP) is 2.96. The van der Waals surface area contributed by atoms with E-state index in [1.54, 1.807) is 0 Å². The number of fused-ring (bicyclic) bond motifs is 2. The van der Waals surface area contributed by atoms with Crippen LogP contribution in [0, 0.1) is 0 Å². The van der Waals surface area contributed by atoms with Crippen LogP contribution >= 0.6 is 0 Å².